The van der Waals surface area contributed by atoms with E-state index in [0.717, 1.165) is 33.3 Å². The molecule has 0 saturated heterocycles. The van der Waals surface area contributed by atoms with E-state index in [1.165, 1.54) is 12.8 Å². The van der Waals surface area contributed by atoms with Gasteiger partial charge in [-0.25, -0.2) is 14.6 Å². The normalized spacial score (nSPS) is 13.7. The van der Waals surface area contributed by atoms with Crippen LogP contribution in [0.1, 0.15) is 12.8 Å². The summed E-state index contributed by atoms with van der Waals surface area (Å²) in [5, 5.41) is 10.8. The van der Waals surface area contributed by atoms with Crippen LogP contribution < -0.4 is 5.32 Å². The van der Waals surface area contributed by atoms with Crippen LogP contribution in [0.3, 0.4) is 0 Å². The van der Waals surface area contributed by atoms with Crippen molar-refractivity contribution in [2.75, 3.05) is 5.32 Å². The highest BCUT2D eigenvalue weighted by atomic mass is 32.1. The molecule has 0 amide bonds. The molecule has 0 radical (unpaired) electrons. The third-order valence-electron chi connectivity index (χ3n) is 4.41. The van der Waals surface area contributed by atoms with E-state index in [2.05, 4.69) is 51.1 Å². The largest absolute Gasteiger partial charge is 0.359 e. The molecule has 5 nitrogen and oxygen atoms in total. The number of aromatic nitrogens is 4. The molecule has 128 valence electrons. The van der Waals surface area contributed by atoms with Crippen LogP contribution in [0.25, 0.3) is 28.2 Å². The van der Waals surface area contributed by atoms with Gasteiger partial charge in [-0.05, 0) is 36.6 Å². The molecule has 1 aliphatic carbocycles. The number of benzene rings is 1. The lowest BCUT2D eigenvalue weighted by atomic mass is 9.99. The molecule has 1 N–H and O–H groups in total. The van der Waals surface area contributed by atoms with E-state index in [1.807, 2.05) is 24.5 Å². The van der Waals surface area contributed by atoms with Crippen LogP contribution in [0.15, 0.2) is 66.4 Å². The summed E-state index contributed by atoms with van der Waals surface area (Å²) in [5.41, 5.74) is 4.34. The lowest BCUT2D eigenvalue weighted by Gasteiger charge is -2.08. The molecule has 0 unspecified atom stereocenters. The summed E-state index contributed by atoms with van der Waals surface area (Å²) in [5.74, 6) is 0.806. The topological polar surface area (TPSA) is 55.6 Å². The molecule has 0 atom stereocenters. The van der Waals surface area contributed by atoms with E-state index < -0.39 is 0 Å². The Kier molecular flexibility index (Phi) is 3.75. The van der Waals surface area contributed by atoms with Crippen LogP contribution in [-0.2, 0) is 0 Å². The maximum atomic E-state index is 4.78. The third-order valence-corrected chi connectivity index (χ3v) is 5.18. The van der Waals surface area contributed by atoms with Gasteiger partial charge in [-0.3, -0.25) is 0 Å². The molecule has 4 aromatic rings. The Labute approximate surface area is 155 Å². The van der Waals surface area contributed by atoms with E-state index in [1.54, 1.807) is 22.2 Å². The fraction of sp³-hybridized carbons (Fsp3) is 0.150. The second kappa shape index (κ2) is 6.38. The molecule has 26 heavy (non-hydrogen) atoms. The molecule has 0 aliphatic heterocycles. The molecule has 6 heteroatoms. The predicted molar refractivity (Wildman–Crippen MR) is 105 cm³/mol. The molecular weight excluding hydrogens is 342 g/mol. The van der Waals surface area contributed by atoms with Gasteiger partial charge in [-0.1, -0.05) is 24.3 Å². The average molecular weight is 359 g/mol. The molecule has 3 aromatic heterocycles. The zero-order valence-electron chi connectivity index (χ0n) is 14.0. The first-order chi connectivity index (χ1) is 12.9. The number of thiazole rings is 1. The maximum absolute atomic E-state index is 4.78. The zero-order valence-corrected chi connectivity index (χ0v) is 14.9. The van der Waals surface area contributed by atoms with Gasteiger partial charge in [-0.15, -0.1) is 11.3 Å². The number of rotatable bonds is 5. The van der Waals surface area contributed by atoms with Crippen LogP contribution in [0.2, 0.25) is 0 Å². The van der Waals surface area contributed by atoms with E-state index in [4.69, 9.17) is 4.98 Å². The number of nitrogens with zero attached hydrogens (tertiary/aromatic N) is 4. The Morgan fingerprint density at radius 2 is 1.92 bits per heavy atom. The summed E-state index contributed by atoms with van der Waals surface area (Å²) in [6.07, 6.45) is 8.03. The minimum Gasteiger partial charge on any atom is -0.359 e. The van der Waals surface area contributed by atoms with Gasteiger partial charge in [0.25, 0.3) is 0 Å². The number of hydrogen-bond acceptors (Lipinski definition) is 5. The summed E-state index contributed by atoms with van der Waals surface area (Å²) in [4.78, 5) is 9.33. The predicted octanol–water partition coefficient (Wildman–Crippen LogP) is 4.63. The number of nitrogens with one attached hydrogen (secondary N) is 1. The quantitative estimate of drug-likeness (QED) is 0.564. The summed E-state index contributed by atoms with van der Waals surface area (Å²) >= 11 is 1.67. The Hall–Kier alpha value is -2.99. The van der Waals surface area contributed by atoms with Crippen molar-refractivity contribution < 1.29 is 0 Å². The standard InChI is InChI=1S/C20H17N5S/c1-2-5-17(18-13-26-20(24-18)23-15-7-8-15)16(4-1)14-6-9-19(21-12-14)25-11-3-10-22-25/h1-6,9-13,15H,7-8H2,(H,23,24). The van der Waals surface area contributed by atoms with Crippen LogP contribution in [0.5, 0.6) is 0 Å². The smallest absolute Gasteiger partial charge is 0.183 e. The molecule has 1 fully saturated rings. The lowest BCUT2D eigenvalue weighted by Crippen LogP contribution is -1.99. The van der Waals surface area contributed by atoms with E-state index in [-0.39, 0.29) is 0 Å². The van der Waals surface area contributed by atoms with Gasteiger partial charge in [0, 0.05) is 41.1 Å². The monoisotopic (exact) mass is 359 g/mol. The van der Waals surface area contributed by atoms with Crippen molar-refractivity contribution in [1.29, 1.82) is 0 Å². The van der Waals surface area contributed by atoms with Crippen LogP contribution in [-0.4, -0.2) is 25.8 Å². The van der Waals surface area contributed by atoms with Gasteiger partial charge in [0.1, 0.15) is 0 Å². The third kappa shape index (κ3) is 2.99. The highest BCUT2D eigenvalue weighted by Gasteiger charge is 2.22. The fourth-order valence-corrected chi connectivity index (χ4v) is 3.70. The second-order valence-corrected chi connectivity index (χ2v) is 7.22. The van der Waals surface area contributed by atoms with E-state index in [0.29, 0.717) is 6.04 Å². The van der Waals surface area contributed by atoms with Crippen molar-refractivity contribution in [3.05, 3.63) is 66.4 Å². The van der Waals surface area contributed by atoms with Gasteiger partial charge in [0.05, 0.1) is 5.69 Å². The van der Waals surface area contributed by atoms with Gasteiger partial charge in [0.2, 0.25) is 0 Å². The Bertz CT molecular complexity index is 1020. The summed E-state index contributed by atoms with van der Waals surface area (Å²) in [6.45, 7) is 0. The second-order valence-electron chi connectivity index (χ2n) is 6.36. The van der Waals surface area contributed by atoms with Crippen LogP contribution in [0.4, 0.5) is 5.13 Å². The highest BCUT2D eigenvalue weighted by molar-refractivity contribution is 7.14. The van der Waals surface area contributed by atoms with Gasteiger partial charge < -0.3 is 5.32 Å². The first kappa shape index (κ1) is 15.3. The van der Waals surface area contributed by atoms with Crippen LogP contribution >= 0.6 is 11.3 Å². The molecule has 3 heterocycles. The molecule has 0 spiro atoms. The Morgan fingerprint density at radius 3 is 2.65 bits per heavy atom. The zero-order chi connectivity index (χ0) is 17.3. The maximum Gasteiger partial charge on any atom is 0.183 e. The van der Waals surface area contributed by atoms with Gasteiger partial charge >= 0.3 is 0 Å². The number of anilines is 1. The molecule has 1 saturated carbocycles. The van der Waals surface area contributed by atoms with Crippen molar-refractivity contribution in [3.63, 3.8) is 0 Å². The highest BCUT2D eigenvalue weighted by Crippen LogP contribution is 2.35. The molecule has 1 aromatic carbocycles. The number of pyridine rings is 1. The molecule has 5 rings (SSSR count). The first-order valence-electron chi connectivity index (χ1n) is 8.65. The van der Waals surface area contributed by atoms with E-state index >= 15 is 0 Å². The van der Waals surface area contributed by atoms with Crippen molar-refractivity contribution in [1.82, 2.24) is 19.7 Å². The van der Waals surface area contributed by atoms with Gasteiger partial charge in [-0.2, -0.15) is 5.10 Å². The van der Waals surface area contributed by atoms with E-state index in [9.17, 15) is 0 Å². The van der Waals surface area contributed by atoms with Crippen molar-refractivity contribution >= 4 is 16.5 Å². The summed E-state index contributed by atoms with van der Waals surface area (Å²) in [7, 11) is 0. The van der Waals surface area contributed by atoms with Crippen molar-refractivity contribution in [2.24, 2.45) is 0 Å². The van der Waals surface area contributed by atoms with Crippen LogP contribution in [0, 0.1) is 0 Å². The minimum absolute atomic E-state index is 0.614. The lowest BCUT2D eigenvalue weighted by molar-refractivity contribution is 0.847. The summed E-state index contributed by atoms with van der Waals surface area (Å²) < 4.78 is 1.76. The number of hydrogen-bond donors (Lipinski definition) is 1. The van der Waals surface area contributed by atoms with Crippen molar-refractivity contribution in [2.45, 2.75) is 18.9 Å². The molecule has 1 aliphatic rings. The average Bonchev–Trinajstić information content (AvgIpc) is 3.14. The molecular formula is C20H17N5S. The fourth-order valence-electron chi connectivity index (χ4n) is 2.91. The van der Waals surface area contributed by atoms with Crippen molar-refractivity contribution in [3.8, 4) is 28.2 Å². The molecule has 0 bridgehead atoms. The minimum atomic E-state index is 0.614. The SMILES string of the molecule is c1ccc(-c2csc(NC3CC3)n2)c(-c2ccc(-n3cccn3)nc2)c1. The van der Waals surface area contributed by atoms with Gasteiger partial charge in [0.15, 0.2) is 10.9 Å². The Balaban J connectivity index is 1.48. The first-order valence-corrected chi connectivity index (χ1v) is 9.53. The Morgan fingerprint density at radius 1 is 1.04 bits per heavy atom. The summed E-state index contributed by atoms with van der Waals surface area (Å²) in [6, 6.07) is 14.9.